The molecule has 112 valence electrons. The molecule has 0 amide bonds. The van der Waals surface area contributed by atoms with Gasteiger partial charge in [-0.3, -0.25) is 5.10 Å². The summed E-state index contributed by atoms with van der Waals surface area (Å²) < 4.78 is 0. The van der Waals surface area contributed by atoms with Crippen molar-refractivity contribution in [3.8, 4) is 0 Å². The molecule has 1 aromatic heterocycles. The van der Waals surface area contributed by atoms with Crippen molar-refractivity contribution in [2.45, 2.75) is 19.3 Å². The molecule has 0 saturated carbocycles. The van der Waals surface area contributed by atoms with Crippen molar-refractivity contribution in [1.29, 1.82) is 0 Å². The molecule has 5 nitrogen and oxygen atoms in total. The average molecular weight is 306 g/mol. The first-order valence-corrected chi connectivity index (χ1v) is 7.73. The van der Waals surface area contributed by atoms with Crippen LogP contribution in [-0.4, -0.2) is 34.8 Å². The summed E-state index contributed by atoms with van der Waals surface area (Å²) in [5.74, 6) is 2.20. The summed E-state index contributed by atoms with van der Waals surface area (Å²) in [7, 11) is 0. The molecule has 2 heterocycles. The van der Waals surface area contributed by atoms with E-state index in [4.69, 9.17) is 17.3 Å². The molecular formula is C15H20ClN5. The molecule has 1 aliphatic heterocycles. The Hall–Kier alpha value is -1.59. The third kappa shape index (κ3) is 3.54. The van der Waals surface area contributed by atoms with E-state index in [1.54, 1.807) is 0 Å². The maximum Gasteiger partial charge on any atom is 0.244 e. The highest BCUT2D eigenvalue weighted by atomic mass is 35.5. The smallest absolute Gasteiger partial charge is 0.244 e. The number of nitrogens with two attached hydrogens (primary N) is 1. The molecular weight excluding hydrogens is 286 g/mol. The summed E-state index contributed by atoms with van der Waals surface area (Å²) in [5, 5.41) is 8.11. The molecule has 6 heteroatoms. The molecule has 1 aliphatic rings. The Morgan fingerprint density at radius 3 is 3.14 bits per heavy atom. The van der Waals surface area contributed by atoms with Gasteiger partial charge in [0, 0.05) is 24.5 Å². The van der Waals surface area contributed by atoms with E-state index in [2.05, 4.69) is 20.1 Å². The quantitative estimate of drug-likeness (QED) is 0.908. The standard InChI is InChI=1S/C15H20ClN5/c16-13-5-1-3-11(7-13)8-14-18-15(20-19-14)21-6-2-4-12(9-17)10-21/h1,3,5,7,12H,2,4,6,8-10,17H2,(H,18,19,20). The van der Waals surface area contributed by atoms with Gasteiger partial charge in [0.2, 0.25) is 5.95 Å². The van der Waals surface area contributed by atoms with Crippen molar-refractivity contribution in [3.05, 3.63) is 40.7 Å². The van der Waals surface area contributed by atoms with E-state index in [1.165, 1.54) is 6.42 Å². The second-order valence-corrected chi connectivity index (χ2v) is 6.02. The number of anilines is 1. The van der Waals surface area contributed by atoms with Crippen LogP contribution in [0.25, 0.3) is 0 Å². The molecule has 3 N–H and O–H groups in total. The highest BCUT2D eigenvalue weighted by Crippen LogP contribution is 2.20. The topological polar surface area (TPSA) is 70.8 Å². The van der Waals surface area contributed by atoms with Gasteiger partial charge in [-0.2, -0.15) is 4.98 Å². The molecule has 3 rings (SSSR count). The van der Waals surface area contributed by atoms with Gasteiger partial charge in [0.1, 0.15) is 5.82 Å². The number of aromatic nitrogens is 3. The van der Waals surface area contributed by atoms with Crippen molar-refractivity contribution in [3.63, 3.8) is 0 Å². The first-order chi connectivity index (χ1) is 10.2. The fourth-order valence-corrected chi connectivity index (χ4v) is 3.00. The van der Waals surface area contributed by atoms with E-state index in [0.29, 0.717) is 12.3 Å². The molecule has 21 heavy (non-hydrogen) atoms. The van der Waals surface area contributed by atoms with E-state index < -0.39 is 0 Å². The monoisotopic (exact) mass is 305 g/mol. The predicted octanol–water partition coefficient (Wildman–Crippen LogP) is 2.22. The minimum Gasteiger partial charge on any atom is -0.339 e. The Morgan fingerprint density at radius 1 is 1.43 bits per heavy atom. The SMILES string of the molecule is NCC1CCCN(c2n[nH]c(Cc3cccc(Cl)c3)n2)C1. The molecule has 0 bridgehead atoms. The number of benzene rings is 1. The van der Waals surface area contributed by atoms with Crippen LogP contribution in [-0.2, 0) is 6.42 Å². The van der Waals surface area contributed by atoms with Gasteiger partial charge in [-0.05, 0) is 43.0 Å². The normalized spacial score (nSPS) is 19.0. The maximum absolute atomic E-state index is 6.00. The largest absolute Gasteiger partial charge is 0.339 e. The van der Waals surface area contributed by atoms with Gasteiger partial charge in [0.15, 0.2) is 0 Å². The second kappa shape index (κ2) is 6.45. The summed E-state index contributed by atoms with van der Waals surface area (Å²) in [5.41, 5.74) is 6.91. The average Bonchev–Trinajstić information content (AvgIpc) is 2.96. The summed E-state index contributed by atoms with van der Waals surface area (Å²) in [6.07, 6.45) is 3.06. The summed E-state index contributed by atoms with van der Waals surface area (Å²) in [6.45, 7) is 2.69. The second-order valence-electron chi connectivity index (χ2n) is 5.58. The zero-order valence-corrected chi connectivity index (χ0v) is 12.7. The molecule has 2 aromatic rings. The first-order valence-electron chi connectivity index (χ1n) is 7.35. The van der Waals surface area contributed by atoms with E-state index in [0.717, 1.165) is 48.4 Å². The van der Waals surface area contributed by atoms with Crippen molar-refractivity contribution in [2.24, 2.45) is 11.7 Å². The van der Waals surface area contributed by atoms with Crippen molar-refractivity contribution in [1.82, 2.24) is 15.2 Å². The maximum atomic E-state index is 6.00. The minimum absolute atomic E-state index is 0.550. The van der Waals surface area contributed by atoms with Crippen LogP contribution >= 0.6 is 11.6 Å². The van der Waals surface area contributed by atoms with Crippen LogP contribution in [0.1, 0.15) is 24.2 Å². The van der Waals surface area contributed by atoms with E-state index >= 15 is 0 Å². The van der Waals surface area contributed by atoms with Gasteiger partial charge in [-0.25, -0.2) is 0 Å². The van der Waals surface area contributed by atoms with E-state index in [9.17, 15) is 0 Å². The highest BCUT2D eigenvalue weighted by molar-refractivity contribution is 6.30. The zero-order valence-electron chi connectivity index (χ0n) is 11.9. The lowest BCUT2D eigenvalue weighted by molar-refractivity contribution is 0.420. The lowest BCUT2D eigenvalue weighted by atomic mass is 9.99. The lowest BCUT2D eigenvalue weighted by Crippen LogP contribution is -2.39. The molecule has 1 atom stereocenters. The zero-order chi connectivity index (χ0) is 14.7. The number of H-pyrrole nitrogens is 1. The number of aromatic amines is 1. The van der Waals surface area contributed by atoms with Gasteiger partial charge in [-0.1, -0.05) is 23.7 Å². The molecule has 1 aromatic carbocycles. The minimum atomic E-state index is 0.550. The lowest BCUT2D eigenvalue weighted by Gasteiger charge is -2.31. The summed E-state index contributed by atoms with van der Waals surface area (Å²) >= 11 is 6.00. The fraction of sp³-hybridized carbons (Fsp3) is 0.467. The third-order valence-electron chi connectivity index (χ3n) is 3.92. The molecule has 0 spiro atoms. The Morgan fingerprint density at radius 2 is 2.33 bits per heavy atom. The van der Waals surface area contributed by atoms with Crippen LogP contribution in [0.5, 0.6) is 0 Å². The first kappa shape index (κ1) is 14.4. The van der Waals surface area contributed by atoms with Gasteiger partial charge >= 0.3 is 0 Å². The fourth-order valence-electron chi connectivity index (χ4n) is 2.79. The van der Waals surface area contributed by atoms with Crippen LogP contribution in [0.4, 0.5) is 5.95 Å². The Bertz CT molecular complexity index is 597. The molecule has 1 saturated heterocycles. The number of piperidine rings is 1. The highest BCUT2D eigenvalue weighted by Gasteiger charge is 2.21. The van der Waals surface area contributed by atoms with Crippen LogP contribution in [0, 0.1) is 5.92 Å². The predicted molar refractivity (Wildman–Crippen MR) is 84.6 cm³/mol. The summed E-state index contributed by atoms with van der Waals surface area (Å²) in [6, 6.07) is 7.82. The van der Waals surface area contributed by atoms with Crippen LogP contribution in [0.15, 0.2) is 24.3 Å². The van der Waals surface area contributed by atoms with Gasteiger partial charge in [-0.15, -0.1) is 5.10 Å². The van der Waals surface area contributed by atoms with Gasteiger partial charge < -0.3 is 10.6 Å². The van der Waals surface area contributed by atoms with E-state index in [1.807, 2.05) is 24.3 Å². The number of nitrogens with zero attached hydrogens (tertiary/aromatic N) is 3. The molecule has 0 aliphatic carbocycles. The van der Waals surface area contributed by atoms with Gasteiger partial charge in [0.05, 0.1) is 0 Å². The molecule has 0 radical (unpaired) electrons. The number of hydrogen-bond donors (Lipinski definition) is 2. The number of nitrogens with one attached hydrogen (secondary N) is 1. The molecule has 1 fully saturated rings. The van der Waals surface area contributed by atoms with Crippen LogP contribution in [0.3, 0.4) is 0 Å². The van der Waals surface area contributed by atoms with Crippen molar-refractivity contribution < 1.29 is 0 Å². The van der Waals surface area contributed by atoms with E-state index in [-0.39, 0.29) is 0 Å². The summed E-state index contributed by atoms with van der Waals surface area (Å²) in [4.78, 5) is 6.82. The van der Waals surface area contributed by atoms with Crippen molar-refractivity contribution >= 4 is 17.5 Å². The van der Waals surface area contributed by atoms with Crippen molar-refractivity contribution in [2.75, 3.05) is 24.5 Å². The van der Waals surface area contributed by atoms with Gasteiger partial charge in [0.25, 0.3) is 0 Å². The Kier molecular flexibility index (Phi) is 4.41. The third-order valence-corrected chi connectivity index (χ3v) is 4.15. The Balaban J connectivity index is 1.68. The Labute approximate surface area is 129 Å². The van der Waals surface area contributed by atoms with Crippen LogP contribution < -0.4 is 10.6 Å². The van der Waals surface area contributed by atoms with Crippen LogP contribution in [0.2, 0.25) is 5.02 Å². The number of halogens is 1. The molecule has 1 unspecified atom stereocenters. The number of hydrogen-bond acceptors (Lipinski definition) is 4. The number of rotatable bonds is 4.